The normalized spacial score (nSPS) is 16.9. The predicted molar refractivity (Wildman–Crippen MR) is 67.3 cm³/mol. The molecule has 1 unspecified atom stereocenters. The Hall–Kier alpha value is -1.96. The molecule has 86 valence electrons. The summed E-state index contributed by atoms with van der Waals surface area (Å²) in [6, 6.07) is 11.7. The molecule has 3 rings (SSSR count). The highest BCUT2D eigenvalue weighted by molar-refractivity contribution is 5.76. The van der Waals surface area contributed by atoms with Gasteiger partial charge in [-0.2, -0.15) is 0 Å². The number of aromatic hydroxyl groups is 1. The van der Waals surface area contributed by atoms with Gasteiger partial charge in [0.2, 0.25) is 0 Å². The van der Waals surface area contributed by atoms with E-state index in [2.05, 4.69) is 25.1 Å². The van der Waals surface area contributed by atoms with Crippen molar-refractivity contribution in [2.45, 2.75) is 20.0 Å². The lowest BCUT2D eigenvalue weighted by Crippen LogP contribution is -2.10. The van der Waals surface area contributed by atoms with Crippen LogP contribution in [0.2, 0.25) is 0 Å². The minimum atomic E-state index is 0.0270. The van der Waals surface area contributed by atoms with Crippen LogP contribution in [0.5, 0.6) is 11.5 Å². The maximum atomic E-state index is 9.49. The van der Waals surface area contributed by atoms with Crippen molar-refractivity contribution < 1.29 is 9.84 Å². The van der Waals surface area contributed by atoms with Crippen molar-refractivity contribution in [1.29, 1.82) is 0 Å². The second kappa shape index (κ2) is 3.52. The zero-order valence-electron chi connectivity index (χ0n) is 9.90. The first-order valence-electron chi connectivity index (χ1n) is 5.76. The summed E-state index contributed by atoms with van der Waals surface area (Å²) in [5.74, 6) is 1.00. The van der Waals surface area contributed by atoms with Crippen LogP contribution in [0.15, 0.2) is 36.4 Å². The third-order valence-electron chi connectivity index (χ3n) is 3.20. The summed E-state index contributed by atoms with van der Waals surface area (Å²) >= 11 is 0. The Bertz CT molecular complexity index is 587. The van der Waals surface area contributed by atoms with Gasteiger partial charge in [0.25, 0.3) is 0 Å². The smallest absolute Gasteiger partial charge is 0.131 e. The molecule has 2 aromatic rings. The van der Waals surface area contributed by atoms with Crippen molar-refractivity contribution in [1.82, 2.24) is 0 Å². The van der Waals surface area contributed by atoms with Gasteiger partial charge in [-0.25, -0.2) is 0 Å². The van der Waals surface area contributed by atoms with Crippen molar-refractivity contribution in [3.05, 3.63) is 47.5 Å². The van der Waals surface area contributed by atoms with E-state index in [0.29, 0.717) is 0 Å². The number of fused-ring (bicyclic) bond motifs is 3. The number of ether oxygens (including phenoxy) is 1. The molecule has 0 fully saturated rings. The van der Waals surface area contributed by atoms with Crippen LogP contribution in [0, 0.1) is 6.92 Å². The number of benzene rings is 2. The molecule has 0 bridgehead atoms. The van der Waals surface area contributed by atoms with Crippen LogP contribution in [-0.4, -0.2) is 5.11 Å². The highest BCUT2D eigenvalue weighted by atomic mass is 16.5. The molecular formula is C15H14O2. The number of hydrogen-bond donors (Lipinski definition) is 1. The van der Waals surface area contributed by atoms with Crippen LogP contribution in [0.3, 0.4) is 0 Å². The van der Waals surface area contributed by atoms with Gasteiger partial charge in [-0.1, -0.05) is 23.8 Å². The Morgan fingerprint density at radius 3 is 2.65 bits per heavy atom. The Kier molecular flexibility index (Phi) is 2.11. The van der Waals surface area contributed by atoms with Gasteiger partial charge >= 0.3 is 0 Å². The highest BCUT2D eigenvalue weighted by Gasteiger charge is 2.22. The van der Waals surface area contributed by atoms with Gasteiger partial charge in [-0.15, -0.1) is 0 Å². The van der Waals surface area contributed by atoms with Crippen molar-refractivity contribution in [3.8, 4) is 22.6 Å². The summed E-state index contributed by atoms with van der Waals surface area (Å²) in [6.45, 7) is 4.12. The molecule has 1 aliphatic rings. The van der Waals surface area contributed by atoms with E-state index < -0.39 is 0 Å². The monoisotopic (exact) mass is 226 g/mol. The fourth-order valence-electron chi connectivity index (χ4n) is 2.35. The number of hydrogen-bond acceptors (Lipinski definition) is 2. The van der Waals surface area contributed by atoms with Crippen molar-refractivity contribution in [2.24, 2.45) is 0 Å². The zero-order chi connectivity index (χ0) is 12.0. The van der Waals surface area contributed by atoms with E-state index >= 15 is 0 Å². The SMILES string of the molecule is Cc1ccc2c(c1)C(C)Oc1cc(O)ccc1-2. The largest absolute Gasteiger partial charge is 0.508 e. The van der Waals surface area contributed by atoms with Gasteiger partial charge in [0.15, 0.2) is 0 Å². The molecule has 0 amide bonds. The van der Waals surface area contributed by atoms with Crippen molar-refractivity contribution >= 4 is 0 Å². The average molecular weight is 226 g/mol. The lowest BCUT2D eigenvalue weighted by atomic mass is 9.92. The molecule has 1 N–H and O–H groups in total. The van der Waals surface area contributed by atoms with Gasteiger partial charge in [0.05, 0.1) is 0 Å². The molecule has 0 spiro atoms. The van der Waals surface area contributed by atoms with Gasteiger partial charge in [0.1, 0.15) is 17.6 Å². The molecular weight excluding hydrogens is 212 g/mol. The Labute approximate surface area is 100 Å². The predicted octanol–water partition coefficient (Wildman–Crippen LogP) is 3.82. The Morgan fingerprint density at radius 2 is 1.82 bits per heavy atom. The van der Waals surface area contributed by atoms with E-state index in [-0.39, 0.29) is 11.9 Å². The second-order valence-electron chi connectivity index (χ2n) is 4.53. The van der Waals surface area contributed by atoms with Crippen molar-refractivity contribution in [2.75, 3.05) is 0 Å². The fourth-order valence-corrected chi connectivity index (χ4v) is 2.35. The minimum absolute atomic E-state index is 0.0270. The van der Waals surface area contributed by atoms with Gasteiger partial charge in [-0.05, 0) is 31.5 Å². The Balaban J connectivity index is 2.26. The Morgan fingerprint density at radius 1 is 1.06 bits per heavy atom. The number of phenolic OH excluding ortho intramolecular Hbond substituents is 1. The van der Waals surface area contributed by atoms with E-state index in [1.807, 2.05) is 13.0 Å². The first-order valence-corrected chi connectivity index (χ1v) is 5.76. The molecule has 0 radical (unpaired) electrons. The second-order valence-corrected chi connectivity index (χ2v) is 4.53. The standard InChI is InChI=1S/C15H14O2/c1-9-3-5-12-13-6-4-11(16)8-15(13)17-10(2)14(12)7-9/h3-8,10,16H,1-2H3. The summed E-state index contributed by atoms with van der Waals surface area (Å²) in [4.78, 5) is 0. The minimum Gasteiger partial charge on any atom is -0.508 e. The van der Waals surface area contributed by atoms with Crippen LogP contribution < -0.4 is 4.74 Å². The van der Waals surface area contributed by atoms with Crippen LogP contribution in [0.4, 0.5) is 0 Å². The van der Waals surface area contributed by atoms with Crippen LogP contribution in [-0.2, 0) is 0 Å². The maximum Gasteiger partial charge on any atom is 0.131 e. The highest BCUT2D eigenvalue weighted by Crippen LogP contribution is 2.43. The number of rotatable bonds is 0. The van der Waals surface area contributed by atoms with Crippen molar-refractivity contribution in [3.63, 3.8) is 0 Å². The van der Waals surface area contributed by atoms with Crippen LogP contribution >= 0.6 is 0 Å². The summed E-state index contributed by atoms with van der Waals surface area (Å²) in [5.41, 5.74) is 4.70. The number of aryl methyl sites for hydroxylation is 1. The van der Waals surface area contributed by atoms with Gasteiger partial charge in [-0.3, -0.25) is 0 Å². The first-order chi connectivity index (χ1) is 8.15. The summed E-state index contributed by atoms with van der Waals surface area (Å²) in [7, 11) is 0. The molecule has 1 atom stereocenters. The molecule has 1 heterocycles. The lowest BCUT2D eigenvalue weighted by Gasteiger charge is -2.26. The molecule has 0 aliphatic carbocycles. The molecule has 2 aromatic carbocycles. The molecule has 0 aromatic heterocycles. The summed E-state index contributed by atoms with van der Waals surface area (Å²) in [6.07, 6.45) is 0.0270. The molecule has 0 saturated carbocycles. The van der Waals surface area contributed by atoms with E-state index in [0.717, 1.165) is 11.3 Å². The lowest BCUT2D eigenvalue weighted by molar-refractivity contribution is 0.222. The first kappa shape index (κ1) is 10.2. The summed E-state index contributed by atoms with van der Waals surface area (Å²) in [5, 5.41) is 9.49. The summed E-state index contributed by atoms with van der Waals surface area (Å²) < 4.78 is 5.83. The maximum absolute atomic E-state index is 9.49. The van der Waals surface area contributed by atoms with Gasteiger partial charge in [0, 0.05) is 17.2 Å². The molecule has 2 nitrogen and oxygen atoms in total. The zero-order valence-corrected chi connectivity index (χ0v) is 9.90. The van der Waals surface area contributed by atoms with Crippen LogP contribution in [0.25, 0.3) is 11.1 Å². The van der Waals surface area contributed by atoms with E-state index in [4.69, 9.17) is 4.74 Å². The van der Waals surface area contributed by atoms with E-state index in [1.54, 1.807) is 12.1 Å². The van der Waals surface area contributed by atoms with E-state index in [1.165, 1.54) is 16.7 Å². The fraction of sp³-hybridized carbons (Fsp3) is 0.200. The quantitative estimate of drug-likeness (QED) is 0.740. The number of phenols is 1. The third-order valence-corrected chi connectivity index (χ3v) is 3.20. The van der Waals surface area contributed by atoms with Crippen LogP contribution in [0.1, 0.15) is 24.2 Å². The molecule has 0 saturated heterocycles. The molecule has 2 heteroatoms. The average Bonchev–Trinajstić information content (AvgIpc) is 2.29. The molecule has 1 aliphatic heterocycles. The van der Waals surface area contributed by atoms with Gasteiger partial charge < -0.3 is 9.84 Å². The third kappa shape index (κ3) is 1.57. The molecule has 17 heavy (non-hydrogen) atoms. The topological polar surface area (TPSA) is 29.5 Å². The van der Waals surface area contributed by atoms with E-state index in [9.17, 15) is 5.11 Å².